The van der Waals surface area contributed by atoms with Gasteiger partial charge in [0, 0.05) is 31.7 Å². The molecule has 3 atom stereocenters. The van der Waals surface area contributed by atoms with Gasteiger partial charge in [-0.2, -0.15) is 0 Å². The van der Waals surface area contributed by atoms with E-state index in [1.54, 1.807) is 4.31 Å². The van der Waals surface area contributed by atoms with Crippen LogP contribution in [0.25, 0.3) is 0 Å². The number of hydrogen-bond acceptors (Lipinski definition) is 5. The summed E-state index contributed by atoms with van der Waals surface area (Å²) in [6, 6.07) is 1.08. The van der Waals surface area contributed by atoms with Crippen molar-refractivity contribution >= 4 is 22.4 Å². The van der Waals surface area contributed by atoms with Crippen LogP contribution in [0.4, 0.5) is 0 Å². The van der Waals surface area contributed by atoms with Crippen molar-refractivity contribution in [2.75, 3.05) is 45.6 Å². The Bertz CT molecular complexity index is 477. The molecule has 24 heavy (non-hydrogen) atoms. The molecule has 1 aliphatic carbocycles. The lowest BCUT2D eigenvalue weighted by atomic mass is 9.92. The van der Waals surface area contributed by atoms with Crippen molar-refractivity contribution in [2.24, 2.45) is 11.8 Å². The van der Waals surface area contributed by atoms with Gasteiger partial charge in [0.1, 0.15) is 0 Å². The molecule has 2 saturated heterocycles. The molecular formula is C16H32ClN3O3S. The fraction of sp³-hybridized carbons (Fsp3) is 1.00. The Hall–Kier alpha value is 0.0800. The number of nitrogens with zero attached hydrogens (tertiary/aromatic N) is 1. The van der Waals surface area contributed by atoms with E-state index in [1.165, 1.54) is 25.5 Å². The van der Waals surface area contributed by atoms with Gasteiger partial charge in [-0.15, -0.1) is 12.4 Å². The van der Waals surface area contributed by atoms with Crippen molar-refractivity contribution in [3.05, 3.63) is 0 Å². The lowest BCUT2D eigenvalue weighted by molar-refractivity contribution is 0.0521. The summed E-state index contributed by atoms with van der Waals surface area (Å²) < 4.78 is 30.4. The number of ether oxygens (including phenoxy) is 1. The fourth-order valence-electron chi connectivity index (χ4n) is 4.35. The van der Waals surface area contributed by atoms with E-state index in [2.05, 4.69) is 10.6 Å². The van der Waals surface area contributed by atoms with Gasteiger partial charge in [0.05, 0.1) is 19.5 Å². The van der Waals surface area contributed by atoms with Gasteiger partial charge in [0.2, 0.25) is 10.0 Å². The zero-order valence-corrected chi connectivity index (χ0v) is 16.2. The number of nitrogens with one attached hydrogen (secondary N) is 2. The van der Waals surface area contributed by atoms with Gasteiger partial charge in [-0.05, 0) is 44.1 Å². The molecule has 0 radical (unpaired) electrons. The van der Waals surface area contributed by atoms with Crippen LogP contribution in [0.15, 0.2) is 0 Å². The molecule has 0 amide bonds. The molecule has 8 heteroatoms. The number of sulfonamides is 1. The van der Waals surface area contributed by atoms with Crippen LogP contribution in [0.2, 0.25) is 0 Å². The molecule has 2 N–H and O–H groups in total. The van der Waals surface area contributed by atoms with E-state index in [1.807, 2.05) is 0 Å². The van der Waals surface area contributed by atoms with Crippen LogP contribution >= 0.6 is 12.4 Å². The lowest BCUT2D eigenvalue weighted by Crippen LogP contribution is -2.51. The average Bonchev–Trinajstić information content (AvgIpc) is 3.02. The molecule has 3 unspecified atom stereocenters. The van der Waals surface area contributed by atoms with Crippen LogP contribution in [0, 0.1) is 11.8 Å². The van der Waals surface area contributed by atoms with Gasteiger partial charge in [-0.3, -0.25) is 0 Å². The molecule has 0 bridgehead atoms. The maximum absolute atomic E-state index is 11.6. The topological polar surface area (TPSA) is 70.7 Å². The fourth-order valence-corrected chi connectivity index (χ4v) is 5.22. The van der Waals surface area contributed by atoms with E-state index >= 15 is 0 Å². The van der Waals surface area contributed by atoms with E-state index in [0.29, 0.717) is 37.0 Å². The molecule has 3 fully saturated rings. The van der Waals surface area contributed by atoms with Crippen molar-refractivity contribution in [3.8, 4) is 0 Å². The Kier molecular flexibility index (Phi) is 7.77. The molecule has 142 valence electrons. The minimum absolute atomic E-state index is 0. The molecule has 3 rings (SSSR count). The zero-order chi connectivity index (χ0) is 16.3. The van der Waals surface area contributed by atoms with Gasteiger partial charge < -0.3 is 15.4 Å². The third kappa shape index (κ3) is 5.29. The van der Waals surface area contributed by atoms with E-state index in [9.17, 15) is 8.42 Å². The first-order valence-corrected chi connectivity index (χ1v) is 10.9. The minimum atomic E-state index is -3.01. The zero-order valence-electron chi connectivity index (χ0n) is 14.6. The van der Waals surface area contributed by atoms with E-state index in [-0.39, 0.29) is 12.4 Å². The summed E-state index contributed by atoms with van der Waals surface area (Å²) in [6.45, 7) is 5.02. The molecule has 0 aromatic rings. The van der Waals surface area contributed by atoms with Crippen LogP contribution in [0.3, 0.4) is 0 Å². The molecule has 0 aromatic carbocycles. The van der Waals surface area contributed by atoms with E-state index < -0.39 is 10.0 Å². The first-order valence-electron chi connectivity index (χ1n) is 9.03. The minimum Gasteiger partial charge on any atom is -0.379 e. The smallest absolute Gasteiger partial charge is 0.211 e. The quantitative estimate of drug-likeness (QED) is 0.738. The summed E-state index contributed by atoms with van der Waals surface area (Å²) in [6.07, 6.45) is 7.10. The highest BCUT2D eigenvalue weighted by atomic mass is 35.5. The van der Waals surface area contributed by atoms with Crippen LogP contribution < -0.4 is 10.6 Å². The Balaban J connectivity index is 0.00000208. The summed E-state index contributed by atoms with van der Waals surface area (Å²) in [5, 5.41) is 7.40. The normalized spacial score (nSPS) is 33.3. The standard InChI is InChI=1S/C16H31N3O3S.ClH/c1-23(20,21)19-8-5-13(6-9-19)11-18-15-4-2-3-14(15)16-12-22-10-7-17-16;/h13-18H,2-12H2,1H3;1H. The monoisotopic (exact) mass is 381 g/mol. The summed E-state index contributed by atoms with van der Waals surface area (Å²) in [5.41, 5.74) is 0. The Morgan fingerprint density at radius 1 is 1.21 bits per heavy atom. The Morgan fingerprint density at radius 2 is 1.96 bits per heavy atom. The van der Waals surface area contributed by atoms with Gasteiger partial charge in [-0.1, -0.05) is 6.42 Å². The molecule has 6 nitrogen and oxygen atoms in total. The summed E-state index contributed by atoms with van der Waals surface area (Å²) in [5.74, 6) is 1.27. The van der Waals surface area contributed by atoms with Gasteiger partial charge in [0.25, 0.3) is 0 Å². The Labute approximate surface area is 152 Å². The van der Waals surface area contributed by atoms with Crippen LogP contribution in [-0.4, -0.2) is 70.5 Å². The third-order valence-corrected chi connectivity index (χ3v) is 7.05. The van der Waals surface area contributed by atoms with Gasteiger partial charge in [0.15, 0.2) is 0 Å². The maximum Gasteiger partial charge on any atom is 0.211 e. The molecule has 2 aliphatic heterocycles. The van der Waals surface area contributed by atoms with Crippen molar-refractivity contribution in [1.29, 1.82) is 0 Å². The maximum atomic E-state index is 11.6. The molecule has 0 spiro atoms. The predicted molar refractivity (Wildman–Crippen MR) is 98.1 cm³/mol. The van der Waals surface area contributed by atoms with Crippen LogP contribution in [0.1, 0.15) is 32.1 Å². The Morgan fingerprint density at radius 3 is 2.58 bits per heavy atom. The average molecular weight is 382 g/mol. The van der Waals surface area contributed by atoms with Crippen molar-refractivity contribution in [3.63, 3.8) is 0 Å². The second-order valence-electron chi connectivity index (χ2n) is 7.35. The third-order valence-electron chi connectivity index (χ3n) is 5.75. The van der Waals surface area contributed by atoms with E-state index in [0.717, 1.165) is 39.1 Å². The number of hydrogen-bond donors (Lipinski definition) is 2. The second kappa shape index (κ2) is 9.14. The number of piperidine rings is 1. The van der Waals surface area contributed by atoms with E-state index in [4.69, 9.17) is 4.74 Å². The number of morpholine rings is 1. The van der Waals surface area contributed by atoms with Crippen LogP contribution in [-0.2, 0) is 14.8 Å². The number of halogens is 1. The van der Waals surface area contributed by atoms with Crippen molar-refractivity contribution in [1.82, 2.24) is 14.9 Å². The highest BCUT2D eigenvalue weighted by molar-refractivity contribution is 7.88. The summed E-state index contributed by atoms with van der Waals surface area (Å²) >= 11 is 0. The lowest BCUT2D eigenvalue weighted by Gasteiger charge is -2.35. The molecule has 1 saturated carbocycles. The van der Waals surface area contributed by atoms with Gasteiger partial charge >= 0.3 is 0 Å². The second-order valence-corrected chi connectivity index (χ2v) is 9.33. The largest absolute Gasteiger partial charge is 0.379 e. The highest BCUT2D eigenvalue weighted by Gasteiger charge is 2.35. The predicted octanol–water partition coefficient (Wildman–Crippen LogP) is 0.827. The molecule has 3 aliphatic rings. The van der Waals surface area contributed by atoms with Crippen molar-refractivity contribution in [2.45, 2.75) is 44.2 Å². The molecule has 0 aromatic heterocycles. The first kappa shape index (κ1) is 20.4. The SMILES string of the molecule is CS(=O)(=O)N1CCC(CNC2CCCC2C2COCCN2)CC1.Cl. The summed E-state index contributed by atoms with van der Waals surface area (Å²) in [4.78, 5) is 0. The molecular weight excluding hydrogens is 350 g/mol. The number of rotatable bonds is 5. The summed E-state index contributed by atoms with van der Waals surface area (Å²) in [7, 11) is -3.01. The first-order chi connectivity index (χ1) is 11.0. The van der Waals surface area contributed by atoms with Gasteiger partial charge in [-0.25, -0.2) is 12.7 Å². The highest BCUT2D eigenvalue weighted by Crippen LogP contribution is 2.30. The van der Waals surface area contributed by atoms with Crippen LogP contribution in [0.5, 0.6) is 0 Å². The van der Waals surface area contributed by atoms with Crippen molar-refractivity contribution < 1.29 is 13.2 Å². The molecule has 2 heterocycles.